The Balaban J connectivity index is 1.51. The van der Waals surface area contributed by atoms with Gasteiger partial charge in [-0.3, -0.25) is 0 Å². The van der Waals surface area contributed by atoms with Gasteiger partial charge in [0.25, 0.3) is 0 Å². The maximum atomic E-state index is 3.54. The summed E-state index contributed by atoms with van der Waals surface area (Å²) in [6.45, 7) is 9.72. The fourth-order valence-corrected chi connectivity index (χ4v) is 2.04. The fraction of sp³-hybridized carbons (Fsp3) is 1.00. The lowest BCUT2D eigenvalue weighted by molar-refractivity contribution is 0.0324. The van der Waals surface area contributed by atoms with Crippen LogP contribution in [0.15, 0.2) is 0 Å². The molecule has 70 valence electrons. The second-order valence-corrected chi connectivity index (χ2v) is 5.10. The first-order valence-corrected chi connectivity index (χ1v) is 5.11. The molecule has 2 heteroatoms. The Hall–Kier alpha value is -0.0800. The molecule has 1 saturated heterocycles. The third-order valence-corrected chi connectivity index (χ3v) is 2.74. The van der Waals surface area contributed by atoms with E-state index in [9.17, 15) is 0 Å². The number of likely N-dealkylation sites (tertiary alicyclic amines) is 1. The van der Waals surface area contributed by atoms with Crippen molar-refractivity contribution in [2.45, 2.75) is 32.7 Å². The van der Waals surface area contributed by atoms with E-state index >= 15 is 0 Å². The summed E-state index contributed by atoms with van der Waals surface area (Å²) in [7, 11) is 0. The Morgan fingerprint density at radius 1 is 1.33 bits per heavy atom. The van der Waals surface area contributed by atoms with E-state index in [0.29, 0.717) is 5.41 Å². The highest BCUT2D eigenvalue weighted by atomic mass is 15.2. The molecule has 1 heterocycles. The predicted octanol–water partition coefficient (Wildman–Crippen LogP) is 1.08. The van der Waals surface area contributed by atoms with E-state index in [4.69, 9.17) is 0 Å². The van der Waals surface area contributed by atoms with E-state index in [-0.39, 0.29) is 0 Å². The van der Waals surface area contributed by atoms with Gasteiger partial charge in [0.05, 0.1) is 0 Å². The van der Waals surface area contributed by atoms with Gasteiger partial charge >= 0.3 is 0 Å². The van der Waals surface area contributed by atoms with Gasteiger partial charge in [0.1, 0.15) is 0 Å². The maximum absolute atomic E-state index is 3.54. The van der Waals surface area contributed by atoms with Crippen LogP contribution in [0.3, 0.4) is 0 Å². The topological polar surface area (TPSA) is 15.3 Å². The predicted molar refractivity (Wildman–Crippen MR) is 51.2 cm³/mol. The van der Waals surface area contributed by atoms with Crippen molar-refractivity contribution in [3.63, 3.8) is 0 Å². The van der Waals surface area contributed by atoms with Crippen molar-refractivity contribution in [1.29, 1.82) is 0 Å². The van der Waals surface area contributed by atoms with Gasteiger partial charge in [0.2, 0.25) is 0 Å². The molecular formula is C10H20N2. The molecule has 0 aromatic heterocycles. The van der Waals surface area contributed by atoms with E-state index in [1.807, 2.05) is 0 Å². The number of nitrogens with one attached hydrogen (secondary N) is 1. The van der Waals surface area contributed by atoms with Gasteiger partial charge in [0.15, 0.2) is 0 Å². The lowest BCUT2D eigenvalue weighted by atomic mass is 9.84. The Morgan fingerprint density at radius 2 is 2.00 bits per heavy atom. The van der Waals surface area contributed by atoms with Crippen LogP contribution in [0, 0.1) is 5.41 Å². The highest BCUT2D eigenvalue weighted by Gasteiger charge is 2.33. The molecule has 0 spiro atoms. The SMILES string of the molecule is CC1(C)CN(CCNC2CC2)C1. The van der Waals surface area contributed by atoms with Crippen molar-refractivity contribution in [3.8, 4) is 0 Å². The number of hydrogen-bond donors (Lipinski definition) is 1. The maximum Gasteiger partial charge on any atom is 0.0107 e. The van der Waals surface area contributed by atoms with Crippen LogP contribution in [-0.2, 0) is 0 Å². The Labute approximate surface area is 75.3 Å². The average molecular weight is 168 g/mol. The normalized spacial score (nSPS) is 28.5. The van der Waals surface area contributed by atoms with Gasteiger partial charge < -0.3 is 10.2 Å². The van der Waals surface area contributed by atoms with Crippen molar-refractivity contribution in [3.05, 3.63) is 0 Å². The third kappa shape index (κ3) is 2.20. The molecule has 1 N–H and O–H groups in total. The van der Waals surface area contributed by atoms with Crippen molar-refractivity contribution in [2.24, 2.45) is 5.41 Å². The van der Waals surface area contributed by atoms with Crippen molar-refractivity contribution >= 4 is 0 Å². The van der Waals surface area contributed by atoms with Crippen LogP contribution in [0.5, 0.6) is 0 Å². The van der Waals surface area contributed by atoms with Crippen LogP contribution in [0.25, 0.3) is 0 Å². The molecule has 0 amide bonds. The van der Waals surface area contributed by atoms with Crippen molar-refractivity contribution in [2.75, 3.05) is 26.2 Å². The van der Waals surface area contributed by atoms with Gasteiger partial charge in [-0.15, -0.1) is 0 Å². The van der Waals surface area contributed by atoms with Crippen LogP contribution in [0.4, 0.5) is 0 Å². The van der Waals surface area contributed by atoms with Crippen LogP contribution >= 0.6 is 0 Å². The minimum absolute atomic E-state index is 0.597. The number of nitrogens with zero attached hydrogens (tertiary/aromatic N) is 1. The lowest BCUT2D eigenvalue weighted by Gasteiger charge is -2.46. The molecule has 1 aliphatic heterocycles. The summed E-state index contributed by atoms with van der Waals surface area (Å²) in [4.78, 5) is 2.54. The fourth-order valence-electron chi connectivity index (χ4n) is 2.04. The molecule has 0 aromatic rings. The molecule has 0 radical (unpaired) electrons. The molecule has 0 atom stereocenters. The van der Waals surface area contributed by atoms with Gasteiger partial charge in [0, 0.05) is 32.2 Å². The summed E-state index contributed by atoms with van der Waals surface area (Å²) >= 11 is 0. The van der Waals surface area contributed by atoms with E-state index in [2.05, 4.69) is 24.1 Å². The van der Waals surface area contributed by atoms with Crippen molar-refractivity contribution < 1.29 is 0 Å². The van der Waals surface area contributed by atoms with Crippen LogP contribution in [0.1, 0.15) is 26.7 Å². The zero-order valence-electron chi connectivity index (χ0n) is 8.27. The number of rotatable bonds is 4. The highest BCUT2D eigenvalue weighted by molar-refractivity contribution is 4.88. The average Bonchev–Trinajstić information content (AvgIpc) is 2.67. The first-order valence-electron chi connectivity index (χ1n) is 5.11. The summed E-state index contributed by atoms with van der Waals surface area (Å²) < 4.78 is 0. The second kappa shape index (κ2) is 3.00. The molecule has 1 saturated carbocycles. The molecule has 12 heavy (non-hydrogen) atoms. The Morgan fingerprint density at radius 3 is 2.50 bits per heavy atom. The zero-order valence-corrected chi connectivity index (χ0v) is 8.27. The monoisotopic (exact) mass is 168 g/mol. The standard InChI is InChI=1S/C10H20N2/c1-10(2)7-12(8-10)6-5-11-9-3-4-9/h9,11H,3-8H2,1-2H3. The minimum Gasteiger partial charge on any atom is -0.313 e. The van der Waals surface area contributed by atoms with Crippen LogP contribution in [0.2, 0.25) is 0 Å². The summed E-state index contributed by atoms with van der Waals surface area (Å²) in [5.74, 6) is 0. The van der Waals surface area contributed by atoms with E-state index in [1.165, 1.54) is 39.0 Å². The molecular weight excluding hydrogens is 148 g/mol. The van der Waals surface area contributed by atoms with Crippen LogP contribution < -0.4 is 5.32 Å². The molecule has 0 bridgehead atoms. The summed E-state index contributed by atoms with van der Waals surface area (Å²) in [5.41, 5.74) is 0.597. The van der Waals surface area contributed by atoms with Gasteiger partial charge in [-0.25, -0.2) is 0 Å². The molecule has 0 unspecified atom stereocenters. The van der Waals surface area contributed by atoms with Gasteiger partial charge in [-0.1, -0.05) is 13.8 Å². The summed E-state index contributed by atoms with van der Waals surface area (Å²) in [5, 5.41) is 3.54. The quantitative estimate of drug-likeness (QED) is 0.676. The lowest BCUT2D eigenvalue weighted by Crippen LogP contribution is -2.54. The van der Waals surface area contributed by atoms with E-state index < -0.39 is 0 Å². The second-order valence-electron chi connectivity index (χ2n) is 5.10. The smallest absolute Gasteiger partial charge is 0.0107 e. The van der Waals surface area contributed by atoms with Crippen LogP contribution in [-0.4, -0.2) is 37.1 Å². The molecule has 1 aliphatic carbocycles. The first-order chi connectivity index (χ1) is 5.66. The molecule has 2 aliphatic rings. The molecule has 2 rings (SSSR count). The largest absolute Gasteiger partial charge is 0.313 e. The minimum atomic E-state index is 0.597. The summed E-state index contributed by atoms with van der Waals surface area (Å²) in [6.07, 6.45) is 2.82. The molecule has 0 aromatic carbocycles. The van der Waals surface area contributed by atoms with E-state index in [0.717, 1.165) is 6.04 Å². The Bertz CT molecular complexity index is 153. The zero-order chi connectivity index (χ0) is 8.60. The van der Waals surface area contributed by atoms with Gasteiger partial charge in [-0.2, -0.15) is 0 Å². The third-order valence-electron chi connectivity index (χ3n) is 2.74. The molecule has 2 fully saturated rings. The Kier molecular flexibility index (Phi) is 2.13. The first kappa shape index (κ1) is 8.52. The summed E-state index contributed by atoms with van der Waals surface area (Å²) in [6, 6.07) is 0.874. The highest BCUT2D eigenvalue weighted by Crippen LogP contribution is 2.27. The van der Waals surface area contributed by atoms with Gasteiger partial charge in [-0.05, 0) is 18.3 Å². The number of hydrogen-bond acceptors (Lipinski definition) is 2. The van der Waals surface area contributed by atoms with Crippen molar-refractivity contribution in [1.82, 2.24) is 10.2 Å². The molecule has 2 nitrogen and oxygen atoms in total. The van der Waals surface area contributed by atoms with E-state index in [1.54, 1.807) is 0 Å².